The molecule has 0 spiro atoms. The summed E-state index contributed by atoms with van der Waals surface area (Å²) in [4.78, 5) is 2.50. The Kier molecular flexibility index (Phi) is 6.86. The molecule has 152 valence electrons. The van der Waals surface area contributed by atoms with Gasteiger partial charge in [-0.15, -0.1) is 0 Å². The van der Waals surface area contributed by atoms with E-state index >= 15 is 0 Å². The highest BCUT2D eigenvalue weighted by Crippen LogP contribution is 2.27. The summed E-state index contributed by atoms with van der Waals surface area (Å²) in [6.07, 6.45) is 2.05. The first kappa shape index (κ1) is 21.0. The Morgan fingerprint density at radius 2 is 1.71 bits per heavy atom. The van der Waals surface area contributed by atoms with Crippen LogP contribution in [0.3, 0.4) is 0 Å². The fraction of sp³-hybridized carbons (Fsp3) is 0.429. The molecule has 0 saturated carbocycles. The van der Waals surface area contributed by atoms with Crippen LogP contribution in [0.5, 0.6) is 5.75 Å². The van der Waals surface area contributed by atoms with Crippen molar-refractivity contribution in [2.24, 2.45) is 0 Å². The van der Waals surface area contributed by atoms with Crippen LogP contribution in [0.4, 0.5) is 5.69 Å². The van der Waals surface area contributed by atoms with Crippen LogP contribution in [0.2, 0.25) is 5.02 Å². The highest BCUT2D eigenvalue weighted by molar-refractivity contribution is 7.89. The molecule has 0 unspecified atom stereocenters. The van der Waals surface area contributed by atoms with Crippen LogP contribution in [0.1, 0.15) is 25.3 Å². The van der Waals surface area contributed by atoms with Crippen molar-refractivity contribution in [3.8, 4) is 5.75 Å². The van der Waals surface area contributed by atoms with Crippen molar-refractivity contribution in [3.05, 3.63) is 53.1 Å². The van der Waals surface area contributed by atoms with E-state index in [4.69, 9.17) is 16.3 Å². The molecule has 1 aliphatic rings. The molecular formula is C21H27ClN2O3S. The van der Waals surface area contributed by atoms with Crippen LogP contribution in [0.15, 0.2) is 47.4 Å². The second-order valence-electron chi connectivity index (χ2n) is 7.00. The summed E-state index contributed by atoms with van der Waals surface area (Å²) in [5, 5.41) is 0.692. The molecule has 0 aliphatic carbocycles. The Labute approximate surface area is 172 Å². The molecule has 0 radical (unpaired) electrons. The lowest BCUT2D eigenvalue weighted by molar-refractivity contribution is 0.309. The van der Waals surface area contributed by atoms with Gasteiger partial charge in [-0.1, -0.05) is 31.0 Å². The number of aryl methyl sites for hydroxylation is 1. The van der Waals surface area contributed by atoms with Gasteiger partial charge in [0.1, 0.15) is 5.75 Å². The molecule has 0 atom stereocenters. The molecule has 1 saturated heterocycles. The Morgan fingerprint density at radius 3 is 2.36 bits per heavy atom. The van der Waals surface area contributed by atoms with Gasteiger partial charge in [0.2, 0.25) is 10.0 Å². The largest absolute Gasteiger partial charge is 0.494 e. The zero-order chi connectivity index (χ0) is 20.1. The Bertz CT molecular complexity index is 892. The van der Waals surface area contributed by atoms with E-state index in [0.29, 0.717) is 48.5 Å². The summed E-state index contributed by atoms with van der Waals surface area (Å²) in [6, 6.07) is 12.5. The number of hydrogen-bond donors (Lipinski definition) is 0. The lowest BCUT2D eigenvalue weighted by atomic mass is 10.1. The van der Waals surface area contributed by atoms with Gasteiger partial charge >= 0.3 is 0 Å². The number of nitrogens with zero attached hydrogens (tertiary/aromatic N) is 2. The molecule has 1 heterocycles. The maximum atomic E-state index is 13.0. The van der Waals surface area contributed by atoms with Gasteiger partial charge in [0, 0.05) is 36.9 Å². The van der Waals surface area contributed by atoms with E-state index in [1.165, 1.54) is 0 Å². The van der Waals surface area contributed by atoms with Gasteiger partial charge in [0.15, 0.2) is 0 Å². The number of hydrogen-bond acceptors (Lipinski definition) is 4. The van der Waals surface area contributed by atoms with E-state index in [0.717, 1.165) is 24.1 Å². The van der Waals surface area contributed by atoms with Crippen molar-refractivity contribution < 1.29 is 13.2 Å². The van der Waals surface area contributed by atoms with Crippen LogP contribution in [0, 0.1) is 6.92 Å². The number of ether oxygens (including phenoxy) is 1. The number of anilines is 1. The predicted octanol–water partition coefficient (Wildman–Crippen LogP) is 4.34. The van der Waals surface area contributed by atoms with Crippen molar-refractivity contribution in [3.63, 3.8) is 0 Å². The van der Waals surface area contributed by atoms with Gasteiger partial charge in [-0.3, -0.25) is 0 Å². The van der Waals surface area contributed by atoms with Crippen molar-refractivity contribution in [2.75, 3.05) is 37.7 Å². The minimum atomic E-state index is -3.50. The maximum Gasteiger partial charge on any atom is 0.243 e. The molecular weight excluding hydrogens is 396 g/mol. The third-order valence-corrected chi connectivity index (χ3v) is 7.13. The second-order valence-corrected chi connectivity index (χ2v) is 9.37. The number of sulfonamides is 1. The van der Waals surface area contributed by atoms with E-state index in [-0.39, 0.29) is 0 Å². The number of piperazine rings is 1. The van der Waals surface area contributed by atoms with Gasteiger partial charge < -0.3 is 9.64 Å². The van der Waals surface area contributed by atoms with Gasteiger partial charge in [0.05, 0.1) is 11.5 Å². The third kappa shape index (κ3) is 4.80. The number of benzene rings is 2. The lowest BCUT2D eigenvalue weighted by Gasteiger charge is -2.36. The molecule has 3 rings (SSSR count). The standard InChI is InChI=1S/C21H27ClN2O3S/c1-3-4-15-27-19-7-9-20(10-8-19)28(25,26)24-13-11-23(12-14-24)21-16-18(22)6-5-17(21)2/h5-10,16H,3-4,11-15H2,1-2H3. The first-order chi connectivity index (χ1) is 13.4. The van der Waals surface area contributed by atoms with Crippen LogP contribution < -0.4 is 9.64 Å². The normalized spacial score (nSPS) is 15.6. The van der Waals surface area contributed by atoms with E-state index in [1.807, 2.05) is 25.1 Å². The lowest BCUT2D eigenvalue weighted by Crippen LogP contribution is -2.48. The molecule has 1 aliphatic heterocycles. The van der Waals surface area contributed by atoms with E-state index in [1.54, 1.807) is 28.6 Å². The number of rotatable bonds is 7. The summed E-state index contributed by atoms with van der Waals surface area (Å²) in [5.41, 5.74) is 2.21. The highest BCUT2D eigenvalue weighted by atomic mass is 35.5. The minimum absolute atomic E-state index is 0.308. The predicted molar refractivity (Wildman–Crippen MR) is 114 cm³/mol. The van der Waals surface area contributed by atoms with Crippen molar-refractivity contribution >= 4 is 27.3 Å². The SMILES string of the molecule is CCCCOc1ccc(S(=O)(=O)N2CCN(c3cc(Cl)ccc3C)CC2)cc1. The summed E-state index contributed by atoms with van der Waals surface area (Å²) in [5.74, 6) is 0.702. The molecule has 0 aromatic heterocycles. The average Bonchev–Trinajstić information content (AvgIpc) is 2.70. The fourth-order valence-electron chi connectivity index (χ4n) is 3.28. The molecule has 0 bridgehead atoms. The quantitative estimate of drug-likeness (QED) is 0.623. The first-order valence-electron chi connectivity index (χ1n) is 9.66. The zero-order valence-corrected chi connectivity index (χ0v) is 18.0. The summed E-state index contributed by atoms with van der Waals surface area (Å²) in [7, 11) is -3.50. The van der Waals surface area contributed by atoms with Crippen LogP contribution in [0.25, 0.3) is 0 Å². The van der Waals surface area contributed by atoms with E-state index < -0.39 is 10.0 Å². The first-order valence-corrected chi connectivity index (χ1v) is 11.5. The van der Waals surface area contributed by atoms with E-state index in [2.05, 4.69) is 11.8 Å². The van der Waals surface area contributed by atoms with Crippen molar-refractivity contribution in [1.29, 1.82) is 0 Å². The Balaban J connectivity index is 1.65. The second kappa shape index (κ2) is 9.16. The average molecular weight is 423 g/mol. The molecule has 28 heavy (non-hydrogen) atoms. The van der Waals surface area contributed by atoms with Crippen molar-refractivity contribution in [2.45, 2.75) is 31.6 Å². The molecule has 2 aromatic carbocycles. The topological polar surface area (TPSA) is 49.9 Å². The highest BCUT2D eigenvalue weighted by Gasteiger charge is 2.29. The molecule has 0 amide bonds. The smallest absolute Gasteiger partial charge is 0.243 e. The fourth-order valence-corrected chi connectivity index (χ4v) is 4.87. The Hall–Kier alpha value is -1.76. The summed E-state index contributed by atoms with van der Waals surface area (Å²) >= 11 is 6.13. The monoisotopic (exact) mass is 422 g/mol. The molecule has 1 fully saturated rings. The van der Waals surface area contributed by atoms with Gasteiger partial charge in [-0.2, -0.15) is 4.31 Å². The molecule has 2 aromatic rings. The minimum Gasteiger partial charge on any atom is -0.494 e. The number of unbranched alkanes of at least 4 members (excludes halogenated alkanes) is 1. The summed E-state index contributed by atoms with van der Waals surface area (Å²) in [6.45, 7) is 6.96. The third-order valence-electron chi connectivity index (χ3n) is 4.98. The molecule has 0 N–H and O–H groups in total. The van der Waals surface area contributed by atoms with Crippen LogP contribution in [-0.2, 0) is 10.0 Å². The molecule has 7 heteroatoms. The van der Waals surface area contributed by atoms with Crippen LogP contribution >= 0.6 is 11.6 Å². The number of halogens is 1. The molecule has 5 nitrogen and oxygen atoms in total. The van der Waals surface area contributed by atoms with Crippen molar-refractivity contribution in [1.82, 2.24) is 4.31 Å². The Morgan fingerprint density at radius 1 is 1.04 bits per heavy atom. The van der Waals surface area contributed by atoms with Crippen LogP contribution in [-0.4, -0.2) is 45.5 Å². The van der Waals surface area contributed by atoms with Gasteiger partial charge in [-0.25, -0.2) is 8.42 Å². The van der Waals surface area contributed by atoms with E-state index in [9.17, 15) is 8.42 Å². The zero-order valence-electron chi connectivity index (χ0n) is 16.4. The van der Waals surface area contributed by atoms with Gasteiger partial charge in [0.25, 0.3) is 0 Å². The van der Waals surface area contributed by atoms with Gasteiger partial charge in [-0.05, 0) is 55.3 Å². The maximum absolute atomic E-state index is 13.0. The summed E-state index contributed by atoms with van der Waals surface area (Å²) < 4.78 is 33.1.